The normalized spacial score (nSPS) is 17.6. The number of likely N-dealkylation sites (N-methyl/N-ethyl adjacent to an activating group) is 1. The van der Waals surface area contributed by atoms with Gasteiger partial charge in [-0.15, -0.1) is 0 Å². The number of benzene rings is 2. The number of imidazole rings is 1. The minimum atomic E-state index is -0.593. The summed E-state index contributed by atoms with van der Waals surface area (Å²) in [7, 11) is 0. The maximum Gasteiger partial charge on any atom is 0.267 e. The van der Waals surface area contributed by atoms with Crippen molar-refractivity contribution in [1.29, 1.82) is 0 Å². The average Bonchev–Trinajstić information content (AvgIpc) is 3.16. The van der Waals surface area contributed by atoms with Crippen LogP contribution >= 0.6 is 0 Å². The number of hydroxylamine groups is 1. The monoisotopic (exact) mass is 408 g/mol. The zero-order valence-corrected chi connectivity index (χ0v) is 16.9. The van der Waals surface area contributed by atoms with Crippen molar-refractivity contribution < 1.29 is 14.4 Å². The second kappa shape index (κ2) is 8.77. The SMILES string of the molecule is CCN1CCCC(n2c(-c3cccc(/C=C/C(=O)NO)c3)nc3ccc(F)cc32)C1. The fourth-order valence-corrected chi connectivity index (χ4v) is 4.16. The number of hydrogen-bond donors (Lipinski definition) is 2. The average molecular weight is 408 g/mol. The molecule has 3 aromatic rings. The summed E-state index contributed by atoms with van der Waals surface area (Å²) in [5, 5.41) is 8.67. The fourth-order valence-electron chi connectivity index (χ4n) is 4.16. The summed E-state index contributed by atoms with van der Waals surface area (Å²) in [4.78, 5) is 18.6. The van der Waals surface area contributed by atoms with Gasteiger partial charge in [0, 0.05) is 24.2 Å². The van der Waals surface area contributed by atoms with Gasteiger partial charge in [0.15, 0.2) is 0 Å². The van der Waals surface area contributed by atoms with E-state index in [0.29, 0.717) is 0 Å². The number of hydrogen-bond acceptors (Lipinski definition) is 4. The predicted molar refractivity (Wildman–Crippen MR) is 114 cm³/mol. The summed E-state index contributed by atoms with van der Waals surface area (Å²) in [6, 6.07) is 12.6. The van der Waals surface area contributed by atoms with Gasteiger partial charge in [0.25, 0.3) is 5.91 Å². The number of nitrogens with zero attached hydrogens (tertiary/aromatic N) is 3. The van der Waals surface area contributed by atoms with Gasteiger partial charge in [-0.25, -0.2) is 14.9 Å². The Morgan fingerprint density at radius 1 is 1.33 bits per heavy atom. The number of amides is 1. The number of likely N-dealkylation sites (tertiary alicyclic amines) is 1. The van der Waals surface area contributed by atoms with E-state index in [1.807, 2.05) is 24.3 Å². The highest BCUT2D eigenvalue weighted by molar-refractivity contribution is 5.91. The van der Waals surface area contributed by atoms with Crippen molar-refractivity contribution in [3.05, 3.63) is 59.9 Å². The van der Waals surface area contributed by atoms with E-state index in [2.05, 4.69) is 16.4 Å². The molecule has 0 radical (unpaired) electrons. The molecule has 0 spiro atoms. The second-order valence-corrected chi connectivity index (χ2v) is 7.56. The maximum absolute atomic E-state index is 14.1. The maximum atomic E-state index is 14.1. The summed E-state index contributed by atoms with van der Waals surface area (Å²) in [6.07, 6.45) is 4.99. The molecule has 0 aliphatic carbocycles. The van der Waals surface area contributed by atoms with Crippen LogP contribution in [0.1, 0.15) is 31.4 Å². The van der Waals surface area contributed by atoms with Crippen LogP contribution in [0.25, 0.3) is 28.5 Å². The molecule has 1 saturated heterocycles. The van der Waals surface area contributed by atoms with Gasteiger partial charge < -0.3 is 9.47 Å². The van der Waals surface area contributed by atoms with E-state index in [0.717, 1.165) is 60.5 Å². The van der Waals surface area contributed by atoms with Gasteiger partial charge >= 0.3 is 0 Å². The first-order chi connectivity index (χ1) is 14.6. The molecule has 6 nitrogen and oxygen atoms in total. The van der Waals surface area contributed by atoms with Crippen LogP contribution in [0.2, 0.25) is 0 Å². The zero-order chi connectivity index (χ0) is 21.1. The van der Waals surface area contributed by atoms with E-state index in [-0.39, 0.29) is 11.9 Å². The molecule has 1 aliphatic rings. The number of piperidine rings is 1. The first-order valence-electron chi connectivity index (χ1n) is 10.2. The van der Waals surface area contributed by atoms with Crippen molar-refractivity contribution in [2.75, 3.05) is 19.6 Å². The smallest absolute Gasteiger partial charge is 0.267 e. The highest BCUT2D eigenvalue weighted by Gasteiger charge is 2.25. The molecule has 1 fully saturated rings. The summed E-state index contributed by atoms with van der Waals surface area (Å²) in [5.41, 5.74) is 4.85. The lowest BCUT2D eigenvalue weighted by atomic mass is 10.0. The van der Waals surface area contributed by atoms with Crippen LogP contribution in [0.5, 0.6) is 0 Å². The highest BCUT2D eigenvalue weighted by atomic mass is 19.1. The van der Waals surface area contributed by atoms with Gasteiger partial charge in [-0.2, -0.15) is 0 Å². The van der Waals surface area contributed by atoms with Gasteiger partial charge in [-0.05, 0) is 61.8 Å². The Kier molecular flexibility index (Phi) is 5.92. The number of fused-ring (bicyclic) bond motifs is 1. The van der Waals surface area contributed by atoms with Crippen molar-refractivity contribution in [1.82, 2.24) is 19.9 Å². The summed E-state index contributed by atoms with van der Waals surface area (Å²) in [5.74, 6) is -0.0737. The van der Waals surface area contributed by atoms with E-state index in [9.17, 15) is 9.18 Å². The molecule has 2 heterocycles. The minimum absolute atomic E-state index is 0.208. The molecule has 156 valence electrons. The Hall–Kier alpha value is -3.03. The molecular weight excluding hydrogens is 383 g/mol. The van der Waals surface area contributed by atoms with E-state index in [4.69, 9.17) is 10.2 Å². The lowest BCUT2D eigenvalue weighted by Gasteiger charge is -2.33. The number of nitrogens with one attached hydrogen (secondary N) is 1. The molecule has 1 amide bonds. The molecule has 1 aromatic heterocycles. The molecule has 0 saturated carbocycles. The number of aromatic nitrogens is 2. The molecule has 4 rings (SSSR count). The van der Waals surface area contributed by atoms with Gasteiger partial charge in [0.1, 0.15) is 11.6 Å². The Labute approximate surface area is 174 Å². The lowest BCUT2D eigenvalue weighted by Crippen LogP contribution is -2.36. The molecule has 7 heteroatoms. The molecule has 1 aliphatic heterocycles. The Balaban J connectivity index is 1.81. The second-order valence-electron chi connectivity index (χ2n) is 7.56. The standard InChI is InChI=1S/C23H25FN4O2/c1-2-27-12-4-7-19(15-27)28-21-14-18(24)9-10-20(21)25-23(28)17-6-3-5-16(13-17)8-11-22(29)26-30/h3,5-6,8-11,13-14,19,30H,2,4,7,12,15H2,1H3,(H,26,29)/b11-8+. The third-order valence-corrected chi connectivity index (χ3v) is 5.63. The van der Waals surface area contributed by atoms with Crippen LogP contribution < -0.4 is 5.48 Å². The van der Waals surface area contributed by atoms with Crippen molar-refractivity contribution in [3.8, 4) is 11.4 Å². The molecule has 0 bridgehead atoms. The predicted octanol–water partition coefficient (Wildman–Crippen LogP) is 4.02. The highest BCUT2D eigenvalue weighted by Crippen LogP contribution is 2.33. The first-order valence-corrected chi connectivity index (χ1v) is 10.2. The third kappa shape index (κ3) is 4.13. The summed E-state index contributed by atoms with van der Waals surface area (Å²) < 4.78 is 16.3. The van der Waals surface area contributed by atoms with E-state index >= 15 is 0 Å². The van der Waals surface area contributed by atoms with Crippen LogP contribution in [0, 0.1) is 5.82 Å². The lowest BCUT2D eigenvalue weighted by molar-refractivity contribution is -0.124. The molecule has 2 N–H and O–H groups in total. The topological polar surface area (TPSA) is 70.4 Å². The van der Waals surface area contributed by atoms with Crippen molar-refractivity contribution in [2.24, 2.45) is 0 Å². The van der Waals surface area contributed by atoms with Crippen molar-refractivity contribution in [3.63, 3.8) is 0 Å². The minimum Gasteiger partial charge on any atom is -0.319 e. The Morgan fingerprint density at radius 2 is 2.20 bits per heavy atom. The van der Waals surface area contributed by atoms with Crippen LogP contribution in [0.3, 0.4) is 0 Å². The van der Waals surface area contributed by atoms with E-state index in [1.165, 1.54) is 12.1 Å². The first kappa shape index (κ1) is 20.3. The van der Waals surface area contributed by atoms with Gasteiger partial charge in [-0.3, -0.25) is 10.0 Å². The Morgan fingerprint density at radius 3 is 3.00 bits per heavy atom. The summed E-state index contributed by atoms with van der Waals surface area (Å²) >= 11 is 0. The van der Waals surface area contributed by atoms with Crippen LogP contribution in [-0.2, 0) is 4.79 Å². The van der Waals surface area contributed by atoms with Crippen LogP contribution in [0.4, 0.5) is 4.39 Å². The number of rotatable bonds is 5. The molecule has 2 aromatic carbocycles. The molecule has 1 atom stereocenters. The van der Waals surface area contributed by atoms with Crippen molar-refractivity contribution in [2.45, 2.75) is 25.8 Å². The zero-order valence-electron chi connectivity index (χ0n) is 16.9. The fraction of sp³-hybridized carbons (Fsp3) is 0.304. The molecule has 30 heavy (non-hydrogen) atoms. The van der Waals surface area contributed by atoms with E-state index in [1.54, 1.807) is 23.7 Å². The summed E-state index contributed by atoms with van der Waals surface area (Å²) in [6.45, 7) is 5.13. The molecule has 1 unspecified atom stereocenters. The number of halogens is 1. The van der Waals surface area contributed by atoms with E-state index < -0.39 is 5.91 Å². The largest absolute Gasteiger partial charge is 0.319 e. The number of carbonyl (C=O) groups is 1. The van der Waals surface area contributed by atoms with Crippen molar-refractivity contribution >= 4 is 23.0 Å². The van der Waals surface area contributed by atoms with Crippen LogP contribution in [-0.4, -0.2) is 45.2 Å². The van der Waals surface area contributed by atoms with Gasteiger partial charge in [0.2, 0.25) is 0 Å². The van der Waals surface area contributed by atoms with Gasteiger partial charge in [0.05, 0.1) is 11.0 Å². The van der Waals surface area contributed by atoms with Gasteiger partial charge in [-0.1, -0.05) is 25.1 Å². The molecular formula is C23H25FN4O2. The van der Waals surface area contributed by atoms with Crippen LogP contribution in [0.15, 0.2) is 48.5 Å². The Bertz CT molecular complexity index is 1090. The quantitative estimate of drug-likeness (QED) is 0.380. The third-order valence-electron chi connectivity index (χ3n) is 5.63. The number of carbonyl (C=O) groups excluding carboxylic acids is 1.